The summed E-state index contributed by atoms with van der Waals surface area (Å²) in [6.45, 7) is 7.72. The number of nitrogens with zero attached hydrogens (tertiary/aromatic N) is 1. The van der Waals surface area contributed by atoms with Crippen LogP contribution >= 0.6 is 0 Å². The molecular weight excluding hydrogens is 260 g/mol. The fourth-order valence-corrected chi connectivity index (χ4v) is 2.37. The van der Waals surface area contributed by atoms with Crippen LogP contribution in [0.25, 0.3) is 0 Å². The predicted molar refractivity (Wildman–Crippen MR) is 74.0 cm³/mol. The van der Waals surface area contributed by atoms with Crippen LogP contribution in [0.2, 0.25) is 0 Å². The third-order valence-corrected chi connectivity index (χ3v) is 3.33. The molecular formula is C14H24N2O4. The molecule has 2 N–H and O–H groups in total. The van der Waals surface area contributed by atoms with E-state index in [0.29, 0.717) is 13.0 Å². The Balaban J connectivity index is 2.67. The molecule has 6 heteroatoms. The van der Waals surface area contributed by atoms with E-state index in [1.165, 1.54) is 0 Å². The zero-order valence-corrected chi connectivity index (χ0v) is 12.6. The number of amides is 2. The summed E-state index contributed by atoms with van der Waals surface area (Å²) in [6.07, 6.45) is 1.31. The van der Waals surface area contributed by atoms with Crippen molar-refractivity contribution in [2.24, 2.45) is 5.41 Å². The van der Waals surface area contributed by atoms with Gasteiger partial charge in [0.25, 0.3) is 0 Å². The predicted octanol–water partition coefficient (Wildman–Crippen LogP) is 1.00. The van der Waals surface area contributed by atoms with Crippen molar-refractivity contribution in [2.75, 3.05) is 6.54 Å². The van der Waals surface area contributed by atoms with E-state index >= 15 is 0 Å². The zero-order chi connectivity index (χ0) is 15.5. The maximum absolute atomic E-state index is 12.3. The molecule has 1 saturated heterocycles. The number of hydrogen-bond acceptors (Lipinski definition) is 3. The molecule has 0 radical (unpaired) electrons. The van der Waals surface area contributed by atoms with Gasteiger partial charge in [-0.3, -0.25) is 14.4 Å². The minimum absolute atomic E-state index is 0.0407. The maximum Gasteiger partial charge on any atom is 0.305 e. The summed E-state index contributed by atoms with van der Waals surface area (Å²) in [6, 6.07) is -0.912. The van der Waals surface area contributed by atoms with Crippen LogP contribution in [0.4, 0.5) is 0 Å². The summed E-state index contributed by atoms with van der Waals surface area (Å²) in [7, 11) is 0. The molecule has 114 valence electrons. The highest BCUT2D eigenvalue weighted by molar-refractivity contribution is 5.90. The molecule has 0 bridgehead atoms. The second-order valence-corrected chi connectivity index (χ2v) is 6.41. The van der Waals surface area contributed by atoms with Crippen molar-refractivity contribution in [2.45, 2.75) is 59.0 Å². The highest BCUT2D eigenvalue weighted by Gasteiger charge is 2.38. The molecule has 0 aliphatic carbocycles. The van der Waals surface area contributed by atoms with E-state index < -0.39 is 23.5 Å². The standard InChI is InChI=1S/C14H24N2O4/c1-9(8-11(17)18)15-12(19)10-6-5-7-16(10)13(20)14(2,3)4/h9-10H,5-8H2,1-4H3,(H,15,19)(H,17,18)/t9-,10-/m1/s1. The Hall–Kier alpha value is -1.59. The van der Waals surface area contributed by atoms with Crippen LogP contribution in [-0.4, -0.2) is 46.4 Å². The molecule has 1 fully saturated rings. The Morgan fingerprint density at radius 1 is 1.35 bits per heavy atom. The van der Waals surface area contributed by atoms with Gasteiger partial charge >= 0.3 is 5.97 Å². The van der Waals surface area contributed by atoms with Crippen molar-refractivity contribution < 1.29 is 19.5 Å². The molecule has 20 heavy (non-hydrogen) atoms. The molecule has 0 saturated carbocycles. The van der Waals surface area contributed by atoms with E-state index in [0.717, 1.165) is 6.42 Å². The first-order valence-corrected chi connectivity index (χ1v) is 6.96. The Bertz CT molecular complexity index is 400. The summed E-state index contributed by atoms with van der Waals surface area (Å²) >= 11 is 0. The summed E-state index contributed by atoms with van der Waals surface area (Å²) in [5.74, 6) is -1.25. The fourth-order valence-electron chi connectivity index (χ4n) is 2.37. The normalized spacial score (nSPS) is 20.6. The summed E-state index contributed by atoms with van der Waals surface area (Å²) in [5, 5.41) is 11.4. The van der Waals surface area contributed by atoms with Crippen LogP contribution in [-0.2, 0) is 14.4 Å². The number of carboxylic acid groups (broad SMARTS) is 1. The van der Waals surface area contributed by atoms with Gasteiger partial charge in [-0.2, -0.15) is 0 Å². The van der Waals surface area contributed by atoms with Crippen LogP contribution in [0.15, 0.2) is 0 Å². The number of likely N-dealkylation sites (tertiary alicyclic amines) is 1. The largest absolute Gasteiger partial charge is 0.481 e. The van der Waals surface area contributed by atoms with Crippen molar-refractivity contribution in [3.8, 4) is 0 Å². The molecule has 2 amide bonds. The van der Waals surface area contributed by atoms with Gasteiger partial charge in [-0.1, -0.05) is 20.8 Å². The molecule has 1 aliphatic heterocycles. The lowest BCUT2D eigenvalue weighted by atomic mass is 9.94. The summed E-state index contributed by atoms with van der Waals surface area (Å²) in [4.78, 5) is 36.7. The molecule has 2 atom stereocenters. The van der Waals surface area contributed by atoms with Gasteiger partial charge in [-0.15, -0.1) is 0 Å². The average Bonchev–Trinajstić information content (AvgIpc) is 2.73. The van der Waals surface area contributed by atoms with E-state index in [4.69, 9.17) is 5.11 Å². The highest BCUT2D eigenvalue weighted by Crippen LogP contribution is 2.25. The maximum atomic E-state index is 12.3. The molecule has 1 aliphatic rings. The SMILES string of the molecule is C[C@H](CC(=O)O)NC(=O)[C@H]1CCCN1C(=O)C(C)(C)C. The molecule has 0 aromatic heterocycles. The molecule has 6 nitrogen and oxygen atoms in total. The second kappa shape index (κ2) is 6.24. The first-order chi connectivity index (χ1) is 9.12. The van der Waals surface area contributed by atoms with E-state index in [1.54, 1.807) is 11.8 Å². The first kappa shape index (κ1) is 16.5. The number of hydrogen-bond donors (Lipinski definition) is 2. The molecule has 0 spiro atoms. The first-order valence-electron chi connectivity index (χ1n) is 6.96. The lowest BCUT2D eigenvalue weighted by molar-refractivity contribution is -0.145. The number of aliphatic carboxylic acids is 1. The summed E-state index contributed by atoms with van der Waals surface area (Å²) < 4.78 is 0. The van der Waals surface area contributed by atoms with Gasteiger partial charge in [0.15, 0.2) is 0 Å². The second-order valence-electron chi connectivity index (χ2n) is 6.41. The van der Waals surface area contributed by atoms with Gasteiger partial charge in [0.05, 0.1) is 6.42 Å². The van der Waals surface area contributed by atoms with E-state index in [9.17, 15) is 14.4 Å². The fraction of sp³-hybridized carbons (Fsp3) is 0.786. The monoisotopic (exact) mass is 284 g/mol. The number of rotatable bonds is 4. The number of carboxylic acids is 1. The average molecular weight is 284 g/mol. The van der Waals surface area contributed by atoms with Crippen molar-refractivity contribution in [1.29, 1.82) is 0 Å². The number of carbonyl (C=O) groups is 3. The quantitative estimate of drug-likeness (QED) is 0.806. The third kappa shape index (κ3) is 4.21. The zero-order valence-electron chi connectivity index (χ0n) is 12.6. The van der Waals surface area contributed by atoms with Crippen LogP contribution in [0.3, 0.4) is 0 Å². The Morgan fingerprint density at radius 2 is 1.95 bits per heavy atom. The van der Waals surface area contributed by atoms with Crippen LogP contribution in [0.5, 0.6) is 0 Å². The van der Waals surface area contributed by atoms with Gasteiger partial charge in [-0.25, -0.2) is 0 Å². The summed E-state index contributed by atoms with van der Waals surface area (Å²) in [5.41, 5.74) is -0.518. The topological polar surface area (TPSA) is 86.7 Å². The Morgan fingerprint density at radius 3 is 2.45 bits per heavy atom. The van der Waals surface area contributed by atoms with Gasteiger partial charge < -0.3 is 15.3 Å². The lowest BCUT2D eigenvalue weighted by Gasteiger charge is -2.30. The molecule has 1 heterocycles. The third-order valence-electron chi connectivity index (χ3n) is 3.33. The van der Waals surface area contributed by atoms with Crippen LogP contribution < -0.4 is 5.32 Å². The van der Waals surface area contributed by atoms with Crippen LogP contribution in [0, 0.1) is 5.41 Å². The van der Waals surface area contributed by atoms with Crippen molar-refractivity contribution in [1.82, 2.24) is 10.2 Å². The smallest absolute Gasteiger partial charge is 0.305 e. The molecule has 1 rings (SSSR count). The molecule has 0 unspecified atom stereocenters. The molecule has 0 aromatic rings. The van der Waals surface area contributed by atoms with E-state index in [2.05, 4.69) is 5.32 Å². The minimum Gasteiger partial charge on any atom is -0.481 e. The van der Waals surface area contributed by atoms with Gasteiger partial charge in [0.1, 0.15) is 6.04 Å². The van der Waals surface area contributed by atoms with Crippen LogP contribution in [0.1, 0.15) is 47.0 Å². The van der Waals surface area contributed by atoms with Crippen molar-refractivity contribution in [3.05, 3.63) is 0 Å². The van der Waals surface area contributed by atoms with E-state index in [1.807, 2.05) is 20.8 Å². The van der Waals surface area contributed by atoms with Crippen molar-refractivity contribution >= 4 is 17.8 Å². The van der Waals surface area contributed by atoms with Gasteiger partial charge in [0, 0.05) is 18.0 Å². The Kier molecular flexibility index (Phi) is 5.14. The lowest BCUT2D eigenvalue weighted by Crippen LogP contribution is -2.51. The minimum atomic E-state index is -0.952. The van der Waals surface area contributed by atoms with E-state index in [-0.39, 0.29) is 18.2 Å². The van der Waals surface area contributed by atoms with Gasteiger partial charge in [-0.05, 0) is 19.8 Å². The Labute approximate surface area is 119 Å². The molecule has 0 aromatic carbocycles. The number of carbonyl (C=O) groups excluding carboxylic acids is 2. The number of nitrogens with one attached hydrogen (secondary N) is 1. The highest BCUT2D eigenvalue weighted by atomic mass is 16.4. The van der Waals surface area contributed by atoms with Crippen molar-refractivity contribution in [3.63, 3.8) is 0 Å². The van der Waals surface area contributed by atoms with Gasteiger partial charge in [0.2, 0.25) is 11.8 Å².